The number of amides is 1. The minimum Gasteiger partial charge on any atom is -0.361 e. The molecule has 2 aromatic carbocycles. The van der Waals surface area contributed by atoms with E-state index >= 15 is 0 Å². The maximum atomic E-state index is 12.3. The number of para-hydroxylation sites is 1. The normalized spacial score (nSPS) is 10.6. The highest BCUT2D eigenvalue weighted by molar-refractivity contribution is 7.99. The molecule has 3 nitrogen and oxygen atoms in total. The van der Waals surface area contributed by atoms with Gasteiger partial charge in [-0.3, -0.25) is 4.79 Å². The van der Waals surface area contributed by atoms with Crippen LogP contribution >= 0.6 is 11.8 Å². The molecule has 1 N–H and O–H groups in total. The van der Waals surface area contributed by atoms with Crippen LogP contribution in [0.5, 0.6) is 0 Å². The number of hydrogen-bond donors (Lipinski definition) is 1. The summed E-state index contributed by atoms with van der Waals surface area (Å²) < 4.78 is 0. The van der Waals surface area contributed by atoms with Crippen molar-refractivity contribution in [2.75, 3.05) is 24.5 Å². The fraction of sp³-hybridized carbons (Fsp3) is 0.409. The van der Waals surface area contributed by atoms with Gasteiger partial charge in [0.25, 0.3) is 0 Å². The number of aryl methyl sites for hydroxylation is 2. The van der Waals surface area contributed by atoms with Crippen molar-refractivity contribution in [2.24, 2.45) is 0 Å². The highest BCUT2D eigenvalue weighted by atomic mass is 32.2. The van der Waals surface area contributed by atoms with E-state index < -0.39 is 0 Å². The molecule has 0 fully saturated rings. The molecule has 0 aromatic heterocycles. The van der Waals surface area contributed by atoms with Crippen LogP contribution in [0.1, 0.15) is 37.8 Å². The molecule has 2 rings (SSSR count). The number of anilines is 1. The Kier molecular flexibility index (Phi) is 8.05. The minimum absolute atomic E-state index is 0.0895. The van der Waals surface area contributed by atoms with Gasteiger partial charge in [0.1, 0.15) is 0 Å². The molecule has 0 unspecified atom stereocenters. The summed E-state index contributed by atoms with van der Waals surface area (Å²) in [6.07, 6.45) is 1.96. The Balaban J connectivity index is 2.24. The van der Waals surface area contributed by atoms with Gasteiger partial charge in [-0.15, -0.1) is 0 Å². The average Bonchev–Trinajstić information content (AvgIpc) is 2.62. The second-order valence-electron chi connectivity index (χ2n) is 6.61. The Bertz CT molecular complexity index is 730. The van der Waals surface area contributed by atoms with E-state index in [0.29, 0.717) is 6.54 Å². The largest absolute Gasteiger partial charge is 0.361 e. The highest BCUT2D eigenvalue weighted by Crippen LogP contribution is 2.37. The summed E-state index contributed by atoms with van der Waals surface area (Å²) in [7, 11) is 0. The van der Waals surface area contributed by atoms with Gasteiger partial charge in [-0.2, -0.15) is 0 Å². The van der Waals surface area contributed by atoms with Gasteiger partial charge in [-0.25, -0.2) is 0 Å². The number of rotatable bonds is 9. The SMILES string of the molecule is CCCNC(=O)CN(CCC)c1ccccc1Sc1ccc(C)cc1C. The van der Waals surface area contributed by atoms with Gasteiger partial charge in [-0.05, 0) is 50.5 Å². The zero-order valence-corrected chi connectivity index (χ0v) is 17.2. The molecule has 1 amide bonds. The molecule has 0 atom stereocenters. The Morgan fingerprint density at radius 2 is 1.81 bits per heavy atom. The van der Waals surface area contributed by atoms with Crippen LogP contribution in [0.2, 0.25) is 0 Å². The van der Waals surface area contributed by atoms with Crippen molar-refractivity contribution >= 4 is 23.4 Å². The molecule has 2 aromatic rings. The molecule has 0 aliphatic rings. The standard InChI is InChI=1S/C22H30N2OS/c1-5-13-23-22(25)16-24(14-6-2)19-9-7-8-10-21(19)26-20-12-11-17(3)15-18(20)4/h7-12,15H,5-6,13-14,16H2,1-4H3,(H,23,25). The molecule has 26 heavy (non-hydrogen) atoms. The first kappa shape index (κ1) is 20.4. The topological polar surface area (TPSA) is 32.3 Å². The smallest absolute Gasteiger partial charge is 0.239 e. The molecule has 0 aliphatic carbocycles. The molecular formula is C22H30N2OS. The lowest BCUT2D eigenvalue weighted by molar-refractivity contribution is -0.119. The predicted octanol–water partition coefficient (Wildman–Crippen LogP) is 5.20. The van der Waals surface area contributed by atoms with Crippen molar-refractivity contribution in [1.29, 1.82) is 0 Å². The van der Waals surface area contributed by atoms with Crippen LogP contribution in [0.25, 0.3) is 0 Å². The lowest BCUT2D eigenvalue weighted by Gasteiger charge is -2.26. The molecule has 0 spiro atoms. The van der Waals surface area contributed by atoms with Crippen LogP contribution in [-0.4, -0.2) is 25.5 Å². The van der Waals surface area contributed by atoms with Gasteiger partial charge in [-0.1, -0.05) is 55.4 Å². The average molecular weight is 371 g/mol. The summed E-state index contributed by atoms with van der Waals surface area (Å²) in [6.45, 7) is 10.5. The lowest BCUT2D eigenvalue weighted by atomic mass is 10.2. The number of nitrogens with zero attached hydrogens (tertiary/aromatic N) is 1. The summed E-state index contributed by atoms with van der Waals surface area (Å²) in [5, 5.41) is 2.99. The Morgan fingerprint density at radius 1 is 1.04 bits per heavy atom. The Hall–Kier alpha value is -1.94. The number of carbonyl (C=O) groups excluding carboxylic acids is 1. The molecule has 140 valence electrons. The van der Waals surface area contributed by atoms with E-state index in [-0.39, 0.29) is 5.91 Å². The van der Waals surface area contributed by atoms with Crippen molar-refractivity contribution < 1.29 is 4.79 Å². The summed E-state index contributed by atoms with van der Waals surface area (Å²) >= 11 is 1.78. The molecule has 0 aliphatic heterocycles. The van der Waals surface area contributed by atoms with E-state index in [0.717, 1.165) is 31.6 Å². The number of benzene rings is 2. The van der Waals surface area contributed by atoms with Gasteiger partial charge in [0.15, 0.2) is 0 Å². The third-order valence-corrected chi connectivity index (χ3v) is 5.40. The van der Waals surface area contributed by atoms with Crippen LogP contribution in [0, 0.1) is 13.8 Å². The summed E-state index contributed by atoms with van der Waals surface area (Å²) in [4.78, 5) is 16.9. The predicted molar refractivity (Wildman–Crippen MR) is 112 cm³/mol. The van der Waals surface area contributed by atoms with Crippen molar-refractivity contribution in [1.82, 2.24) is 5.32 Å². The van der Waals surface area contributed by atoms with Crippen LogP contribution in [0.15, 0.2) is 52.3 Å². The van der Waals surface area contributed by atoms with E-state index in [2.05, 4.69) is 74.3 Å². The number of hydrogen-bond acceptors (Lipinski definition) is 3. The molecular weight excluding hydrogens is 340 g/mol. The Labute approximate surface area is 162 Å². The summed E-state index contributed by atoms with van der Waals surface area (Å²) in [5.74, 6) is 0.0895. The van der Waals surface area contributed by atoms with E-state index in [1.807, 2.05) is 6.07 Å². The molecule has 0 saturated carbocycles. The van der Waals surface area contributed by atoms with Crippen LogP contribution in [0.3, 0.4) is 0 Å². The second kappa shape index (κ2) is 10.3. The first-order chi connectivity index (χ1) is 12.5. The van der Waals surface area contributed by atoms with Crippen LogP contribution < -0.4 is 10.2 Å². The van der Waals surface area contributed by atoms with Gasteiger partial charge in [0, 0.05) is 22.9 Å². The molecule has 0 bridgehead atoms. The van der Waals surface area contributed by atoms with Crippen LogP contribution in [-0.2, 0) is 4.79 Å². The van der Waals surface area contributed by atoms with Crippen molar-refractivity contribution in [3.8, 4) is 0 Å². The zero-order chi connectivity index (χ0) is 18.9. The van der Waals surface area contributed by atoms with Crippen LogP contribution in [0.4, 0.5) is 5.69 Å². The summed E-state index contributed by atoms with van der Waals surface area (Å²) in [5.41, 5.74) is 3.69. The molecule has 4 heteroatoms. The zero-order valence-electron chi connectivity index (χ0n) is 16.3. The number of carbonyl (C=O) groups is 1. The second-order valence-corrected chi connectivity index (χ2v) is 7.69. The van der Waals surface area contributed by atoms with Gasteiger partial charge >= 0.3 is 0 Å². The fourth-order valence-electron chi connectivity index (χ4n) is 2.89. The first-order valence-electron chi connectivity index (χ1n) is 9.41. The van der Waals surface area contributed by atoms with E-state index in [1.54, 1.807) is 11.8 Å². The molecule has 0 heterocycles. The quantitative estimate of drug-likeness (QED) is 0.659. The van der Waals surface area contributed by atoms with Crippen molar-refractivity contribution in [2.45, 2.75) is 50.3 Å². The minimum atomic E-state index is 0.0895. The third kappa shape index (κ3) is 5.80. The van der Waals surface area contributed by atoms with Gasteiger partial charge in [0.05, 0.1) is 12.2 Å². The maximum absolute atomic E-state index is 12.3. The van der Waals surface area contributed by atoms with E-state index in [4.69, 9.17) is 0 Å². The Morgan fingerprint density at radius 3 is 2.50 bits per heavy atom. The first-order valence-corrected chi connectivity index (χ1v) is 10.2. The number of nitrogens with one attached hydrogen (secondary N) is 1. The van der Waals surface area contributed by atoms with Gasteiger partial charge < -0.3 is 10.2 Å². The van der Waals surface area contributed by atoms with E-state index in [1.165, 1.54) is 20.9 Å². The summed E-state index contributed by atoms with van der Waals surface area (Å²) in [6, 6.07) is 14.9. The monoisotopic (exact) mass is 370 g/mol. The maximum Gasteiger partial charge on any atom is 0.239 e. The fourth-order valence-corrected chi connectivity index (χ4v) is 3.93. The molecule has 0 saturated heterocycles. The molecule has 0 radical (unpaired) electrons. The van der Waals surface area contributed by atoms with Gasteiger partial charge in [0.2, 0.25) is 5.91 Å². The third-order valence-electron chi connectivity index (χ3n) is 4.16. The highest BCUT2D eigenvalue weighted by Gasteiger charge is 2.15. The lowest BCUT2D eigenvalue weighted by Crippen LogP contribution is -2.38. The van der Waals surface area contributed by atoms with E-state index in [9.17, 15) is 4.79 Å². The van der Waals surface area contributed by atoms with Crippen molar-refractivity contribution in [3.05, 3.63) is 53.6 Å². The van der Waals surface area contributed by atoms with Crippen molar-refractivity contribution in [3.63, 3.8) is 0 Å².